The van der Waals surface area contributed by atoms with E-state index in [4.69, 9.17) is 5.73 Å². The van der Waals surface area contributed by atoms with Crippen molar-refractivity contribution in [2.45, 2.75) is 40.5 Å². The van der Waals surface area contributed by atoms with Gasteiger partial charge in [0.05, 0.1) is 0 Å². The molecule has 1 rings (SSSR count). The fourth-order valence-electron chi connectivity index (χ4n) is 1.26. The maximum Gasteiger partial charge on any atom is 0.187 e. The first-order chi connectivity index (χ1) is 6.73. The van der Waals surface area contributed by atoms with Crippen molar-refractivity contribution >= 4 is 22.3 Å². The molecular weight excluding hydrogens is 208 g/mol. The summed E-state index contributed by atoms with van der Waals surface area (Å²) < 4.78 is 0. The maximum absolute atomic E-state index is 12.1. The molecule has 84 valence electrons. The van der Waals surface area contributed by atoms with Crippen molar-refractivity contribution in [2.24, 2.45) is 5.41 Å². The van der Waals surface area contributed by atoms with E-state index in [1.165, 1.54) is 11.3 Å². The third kappa shape index (κ3) is 2.56. The third-order valence-corrected chi connectivity index (χ3v) is 3.28. The zero-order chi connectivity index (χ0) is 11.8. The summed E-state index contributed by atoms with van der Waals surface area (Å²) in [6, 6.07) is 0. The highest BCUT2D eigenvalue weighted by molar-refractivity contribution is 7.15. The Bertz CT molecular complexity index is 374. The Kier molecular flexibility index (Phi) is 3.19. The summed E-state index contributed by atoms with van der Waals surface area (Å²) in [5, 5.41) is 0.478. The number of nitrogen functional groups attached to an aromatic ring is 1. The van der Waals surface area contributed by atoms with E-state index >= 15 is 0 Å². The first-order valence-electron chi connectivity index (χ1n) is 5.04. The molecular formula is C11H18N2OS. The minimum absolute atomic E-state index is 0.0687. The fourth-order valence-corrected chi connectivity index (χ4v) is 2.09. The average Bonchev–Trinajstić information content (AvgIpc) is 2.44. The molecule has 0 amide bonds. The van der Waals surface area contributed by atoms with Gasteiger partial charge in [0.2, 0.25) is 0 Å². The van der Waals surface area contributed by atoms with Crippen LogP contribution in [0.3, 0.4) is 0 Å². The number of Topliss-reactive ketones (excluding diaryl/α,β-unsaturated/α-hetero) is 1. The van der Waals surface area contributed by atoms with Crippen LogP contribution in [0.15, 0.2) is 0 Å². The molecule has 0 atom stereocenters. The number of nitrogens with two attached hydrogens (primary N) is 1. The van der Waals surface area contributed by atoms with Crippen LogP contribution in [0, 0.1) is 5.41 Å². The van der Waals surface area contributed by atoms with Gasteiger partial charge in [-0.05, 0) is 5.92 Å². The summed E-state index contributed by atoms with van der Waals surface area (Å²) in [5.74, 6) is 0.361. The Labute approximate surface area is 94.7 Å². The molecule has 0 fully saturated rings. The summed E-state index contributed by atoms with van der Waals surface area (Å²) in [7, 11) is 0. The number of anilines is 1. The third-order valence-electron chi connectivity index (χ3n) is 2.09. The summed E-state index contributed by atoms with van der Waals surface area (Å²) in [6.45, 7) is 9.79. The second kappa shape index (κ2) is 3.93. The molecule has 0 bridgehead atoms. The lowest BCUT2D eigenvalue weighted by atomic mass is 9.87. The number of nitrogens with zero attached hydrogens (tertiary/aromatic N) is 1. The first-order valence-corrected chi connectivity index (χ1v) is 5.86. The molecule has 0 unspecified atom stereocenters. The molecule has 0 radical (unpaired) electrons. The van der Waals surface area contributed by atoms with E-state index in [-0.39, 0.29) is 5.78 Å². The highest BCUT2D eigenvalue weighted by Gasteiger charge is 2.28. The standard InChI is InChI=1S/C11H18N2OS/c1-6(2)8-7(13-10(12)15-8)9(14)11(3,4)5/h6H,1-5H3,(H2,12,13). The number of hydrogen-bond acceptors (Lipinski definition) is 4. The molecule has 1 heterocycles. The summed E-state index contributed by atoms with van der Waals surface area (Å²) in [6.07, 6.45) is 0. The van der Waals surface area contributed by atoms with Gasteiger partial charge in [-0.1, -0.05) is 34.6 Å². The molecule has 3 nitrogen and oxygen atoms in total. The Hall–Kier alpha value is -0.900. The van der Waals surface area contributed by atoms with Crippen LogP contribution in [0.1, 0.15) is 55.9 Å². The molecule has 1 aromatic heterocycles. The minimum Gasteiger partial charge on any atom is -0.375 e. The van der Waals surface area contributed by atoms with E-state index in [2.05, 4.69) is 4.98 Å². The van der Waals surface area contributed by atoms with E-state index in [9.17, 15) is 4.79 Å². The van der Waals surface area contributed by atoms with Gasteiger partial charge < -0.3 is 5.73 Å². The van der Waals surface area contributed by atoms with Gasteiger partial charge in [-0.2, -0.15) is 0 Å². The van der Waals surface area contributed by atoms with Gasteiger partial charge >= 0.3 is 0 Å². The lowest BCUT2D eigenvalue weighted by Gasteiger charge is -2.16. The van der Waals surface area contributed by atoms with Gasteiger partial charge in [0.15, 0.2) is 10.9 Å². The Morgan fingerprint density at radius 3 is 2.33 bits per heavy atom. The minimum atomic E-state index is -0.399. The topological polar surface area (TPSA) is 56.0 Å². The van der Waals surface area contributed by atoms with Crippen LogP contribution in [0.4, 0.5) is 5.13 Å². The van der Waals surface area contributed by atoms with E-state index in [1.807, 2.05) is 34.6 Å². The molecule has 0 aliphatic carbocycles. The number of rotatable bonds is 2. The molecule has 0 aliphatic heterocycles. The van der Waals surface area contributed by atoms with Crippen molar-refractivity contribution < 1.29 is 4.79 Å². The lowest BCUT2D eigenvalue weighted by Crippen LogP contribution is -2.22. The van der Waals surface area contributed by atoms with E-state index in [0.717, 1.165) is 4.88 Å². The quantitative estimate of drug-likeness (QED) is 0.788. The lowest BCUT2D eigenvalue weighted by molar-refractivity contribution is 0.0852. The molecule has 0 aliphatic rings. The molecule has 0 aromatic carbocycles. The Morgan fingerprint density at radius 2 is 1.93 bits per heavy atom. The normalized spacial score (nSPS) is 12.1. The number of carbonyl (C=O) groups excluding carboxylic acids is 1. The SMILES string of the molecule is CC(C)c1sc(N)nc1C(=O)C(C)(C)C. The summed E-state index contributed by atoms with van der Waals surface area (Å²) in [4.78, 5) is 17.2. The predicted octanol–water partition coefficient (Wildman–Crippen LogP) is 3.08. The Balaban J connectivity index is 3.20. The molecule has 1 aromatic rings. The van der Waals surface area contributed by atoms with Gasteiger partial charge in [-0.25, -0.2) is 4.98 Å². The van der Waals surface area contributed by atoms with E-state index < -0.39 is 5.41 Å². The Morgan fingerprint density at radius 1 is 1.40 bits per heavy atom. The zero-order valence-corrected chi connectivity index (χ0v) is 10.7. The molecule has 0 spiro atoms. The van der Waals surface area contributed by atoms with Crippen molar-refractivity contribution in [3.8, 4) is 0 Å². The van der Waals surface area contributed by atoms with Crippen LogP contribution in [0.2, 0.25) is 0 Å². The second-order valence-corrected chi connectivity index (χ2v) is 6.06. The number of thiazole rings is 1. The van der Waals surface area contributed by atoms with Crippen molar-refractivity contribution in [1.29, 1.82) is 0 Å². The van der Waals surface area contributed by atoms with Crippen LogP contribution in [0.25, 0.3) is 0 Å². The van der Waals surface area contributed by atoms with Crippen LogP contribution < -0.4 is 5.73 Å². The molecule has 4 heteroatoms. The zero-order valence-electron chi connectivity index (χ0n) is 9.92. The summed E-state index contributed by atoms with van der Waals surface area (Å²) >= 11 is 1.41. The van der Waals surface area contributed by atoms with Crippen molar-refractivity contribution in [3.05, 3.63) is 10.6 Å². The van der Waals surface area contributed by atoms with Crippen molar-refractivity contribution in [1.82, 2.24) is 4.98 Å². The van der Waals surface area contributed by atoms with Gasteiger partial charge in [-0.15, -0.1) is 11.3 Å². The van der Waals surface area contributed by atoms with Crippen LogP contribution >= 0.6 is 11.3 Å². The predicted molar refractivity (Wildman–Crippen MR) is 64.4 cm³/mol. The smallest absolute Gasteiger partial charge is 0.187 e. The van der Waals surface area contributed by atoms with Crippen molar-refractivity contribution in [3.63, 3.8) is 0 Å². The first kappa shape index (κ1) is 12.2. The number of aromatic nitrogens is 1. The van der Waals surface area contributed by atoms with Gasteiger partial charge in [-0.3, -0.25) is 4.79 Å². The molecule has 0 saturated heterocycles. The van der Waals surface area contributed by atoms with E-state index in [0.29, 0.717) is 16.7 Å². The monoisotopic (exact) mass is 226 g/mol. The largest absolute Gasteiger partial charge is 0.375 e. The molecule has 15 heavy (non-hydrogen) atoms. The van der Waals surface area contributed by atoms with Crippen LogP contribution in [-0.4, -0.2) is 10.8 Å². The van der Waals surface area contributed by atoms with Crippen molar-refractivity contribution in [2.75, 3.05) is 5.73 Å². The second-order valence-electron chi connectivity index (χ2n) is 5.00. The molecule has 0 saturated carbocycles. The number of carbonyl (C=O) groups is 1. The van der Waals surface area contributed by atoms with E-state index in [1.54, 1.807) is 0 Å². The molecule has 2 N–H and O–H groups in total. The summed E-state index contributed by atoms with van der Waals surface area (Å²) in [5.41, 5.74) is 5.81. The van der Waals surface area contributed by atoms with Gasteiger partial charge in [0.25, 0.3) is 0 Å². The van der Waals surface area contributed by atoms with Crippen LogP contribution in [0.5, 0.6) is 0 Å². The highest BCUT2D eigenvalue weighted by atomic mass is 32.1. The van der Waals surface area contributed by atoms with Gasteiger partial charge in [0.1, 0.15) is 5.69 Å². The average molecular weight is 226 g/mol. The van der Waals surface area contributed by atoms with Crippen LogP contribution in [-0.2, 0) is 0 Å². The highest BCUT2D eigenvalue weighted by Crippen LogP contribution is 2.32. The number of hydrogen-bond donors (Lipinski definition) is 1. The fraction of sp³-hybridized carbons (Fsp3) is 0.636. The number of ketones is 1. The maximum atomic E-state index is 12.1. The van der Waals surface area contributed by atoms with Gasteiger partial charge in [0, 0.05) is 10.3 Å².